The predicted octanol–water partition coefficient (Wildman–Crippen LogP) is -5.33. The van der Waals surface area contributed by atoms with Gasteiger partial charge in [0, 0.05) is 13.8 Å². The highest BCUT2D eigenvalue weighted by Gasteiger charge is 2.72. The van der Waals surface area contributed by atoms with Crippen molar-refractivity contribution in [3.05, 3.63) is 11.6 Å². The fourth-order valence-corrected chi connectivity index (χ4v) is 22.0. The molecule has 46 atom stereocenters. The summed E-state index contributed by atoms with van der Waals surface area (Å²) >= 11 is 0. The van der Waals surface area contributed by atoms with Crippen LogP contribution in [0.3, 0.4) is 0 Å². The molecular weight excluding hydrogens is 1600 g/mol. The van der Waals surface area contributed by atoms with Crippen molar-refractivity contribution in [2.75, 3.05) is 26.4 Å². The molecule has 41 nitrogen and oxygen atoms in total. The summed E-state index contributed by atoms with van der Waals surface area (Å²) in [7, 11) is 0. The van der Waals surface area contributed by atoms with Gasteiger partial charge in [-0.1, -0.05) is 53.2 Å². The first-order chi connectivity index (χ1) is 56.3. The monoisotopic (exact) mass is 1730 g/mol. The molecule has 684 valence electrons. The number of carbonyl (C=O) groups is 5. The van der Waals surface area contributed by atoms with E-state index in [2.05, 4.69) is 40.7 Å². The van der Waals surface area contributed by atoms with Crippen LogP contribution in [0.1, 0.15) is 140 Å². The first kappa shape index (κ1) is 93.6. The summed E-state index contributed by atoms with van der Waals surface area (Å²) in [5.41, 5.74) is -4.04. The molecule has 4 saturated carbocycles. The lowest BCUT2D eigenvalue weighted by molar-refractivity contribution is -0.391. The van der Waals surface area contributed by atoms with Crippen LogP contribution in [0.2, 0.25) is 0 Å². The smallest absolute Gasteiger partial charge is 0.335 e. The van der Waals surface area contributed by atoms with Gasteiger partial charge < -0.3 is 182 Å². The Labute approximate surface area is 691 Å². The summed E-state index contributed by atoms with van der Waals surface area (Å²) in [6.45, 7) is 16.4. The van der Waals surface area contributed by atoms with Gasteiger partial charge in [0.15, 0.2) is 68.4 Å². The van der Waals surface area contributed by atoms with Gasteiger partial charge in [-0.15, -0.1) is 0 Å². The Morgan fingerprint density at radius 2 is 0.942 bits per heavy atom. The molecule has 8 saturated heterocycles. The van der Waals surface area contributed by atoms with Crippen LogP contribution < -0.4 is 0 Å². The average Bonchev–Trinajstić information content (AvgIpc) is 0.672. The molecule has 0 spiro atoms. The molecule has 8 aliphatic heterocycles. The van der Waals surface area contributed by atoms with E-state index in [1.54, 1.807) is 6.92 Å². The van der Waals surface area contributed by atoms with Crippen molar-refractivity contribution in [3.8, 4) is 0 Å². The van der Waals surface area contributed by atoms with Gasteiger partial charge in [0.2, 0.25) is 6.29 Å². The van der Waals surface area contributed by atoms with E-state index >= 15 is 4.79 Å². The topological polar surface area (TPSA) is 616 Å². The minimum Gasteiger partial charge on any atom is -0.479 e. The minimum atomic E-state index is -2.23. The fourth-order valence-electron chi connectivity index (χ4n) is 22.0. The van der Waals surface area contributed by atoms with Crippen molar-refractivity contribution in [1.82, 2.24) is 0 Å². The van der Waals surface area contributed by atoms with E-state index in [1.165, 1.54) is 20.8 Å². The van der Waals surface area contributed by atoms with Crippen LogP contribution in [-0.2, 0) is 109 Å². The molecule has 0 aromatic heterocycles. The Bertz CT molecular complexity index is 3620. The van der Waals surface area contributed by atoms with E-state index < -0.39 is 323 Å². The highest BCUT2D eigenvalue weighted by atomic mass is 16.8. The molecule has 8 heterocycles. The van der Waals surface area contributed by atoms with E-state index in [1.807, 2.05) is 0 Å². The number of esters is 3. The predicted molar refractivity (Wildman–Crippen MR) is 391 cm³/mol. The second-order valence-corrected chi connectivity index (χ2v) is 37.0. The molecule has 0 amide bonds. The lowest BCUT2D eigenvalue weighted by atomic mass is 9.33. The van der Waals surface area contributed by atoms with Gasteiger partial charge in [0.05, 0.1) is 61.7 Å². The van der Waals surface area contributed by atoms with Crippen LogP contribution in [0.15, 0.2) is 11.6 Å². The highest BCUT2D eigenvalue weighted by molar-refractivity contribution is 5.79. The van der Waals surface area contributed by atoms with Gasteiger partial charge in [0.25, 0.3) is 0 Å². The van der Waals surface area contributed by atoms with Crippen LogP contribution >= 0.6 is 0 Å². The molecule has 5 aliphatic carbocycles. The molecule has 18 N–H and O–H groups in total. The Morgan fingerprint density at radius 1 is 0.442 bits per heavy atom. The number of rotatable bonds is 21. The number of hydrogen-bond acceptors (Lipinski definition) is 40. The number of carbonyl (C=O) groups excluding carboxylic acids is 4. The third-order valence-corrected chi connectivity index (χ3v) is 29.1. The Balaban J connectivity index is 0.781. The summed E-state index contributed by atoms with van der Waals surface area (Å²) < 4.78 is 109. The summed E-state index contributed by atoms with van der Waals surface area (Å²) in [5, 5.41) is 198. The average molecular weight is 1730 g/mol. The molecule has 41 heteroatoms. The number of aliphatic hydroxyl groups is 17. The Kier molecular flexibility index (Phi) is 28.0. The van der Waals surface area contributed by atoms with Gasteiger partial charge >= 0.3 is 23.9 Å². The Hall–Kier alpha value is -3.99. The summed E-state index contributed by atoms with van der Waals surface area (Å²) in [4.78, 5) is 69.8. The van der Waals surface area contributed by atoms with Gasteiger partial charge in [-0.3, -0.25) is 14.4 Å². The van der Waals surface area contributed by atoms with Crippen molar-refractivity contribution in [2.45, 2.75) is 374 Å². The molecule has 120 heavy (non-hydrogen) atoms. The highest BCUT2D eigenvalue weighted by Crippen LogP contribution is 2.76. The van der Waals surface area contributed by atoms with Crippen LogP contribution in [0, 0.1) is 50.2 Å². The van der Waals surface area contributed by atoms with Gasteiger partial charge in [0.1, 0.15) is 141 Å². The third kappa shape index (κ3) is 17.0. The minimum absolute atomic E-state index is 0.103. The molecule has 12 fully saturated rings. The lowest BCUT2D eigenvalue weighted by Crippen LogP contribution is -2.69. The molecule has 0 aromatic carbocycles. The molecule has 13 aliphatic rings. The second kappa shape index (κ2) is 35.9. The number of aldehydes is 1. The molecule has 0 bridgehead atoms. The quantitative estimate of drug-likeness (QED) is 0.0168. The number of carboxylic acids is 1. The second-order valence-electron chi connectivity index (χ2n) is 37.0. The molecule has 13 rings (SSSR count). The largest absolute Gasteiger partial charge is 0.479 e. The molecule has 46 unspecified atom stereocenters. The number of hydrogen-bond donors (Lipinski definition) is 18. The number of allylic oxidation sites excluding steroid dienone is 2. The summed E-state index contributed by atoms with van der Waals surface area (Å²) in [5.74, 6) is -5.50. The van der Waals surface area contributed by atoms with Crippen molar-refractivity contribution < 1.29 is 201 Å². The SMILES string of the molecule is CC(=O)OC1C(O)C(C)OC(OC2C(C)OC(OC(=O)C34CCC(C)(C)CC3C3=CCC5C6(C)CCC(OC7OC(C(=O)O)C(O)C(OC8OCC(O)C(O)C8O)C7OC7OC(CO)C(O)C(O)C7O)C(C)(C=O)C6CCC5(C)C3(C)CC4)C(OC3OC(C)C(OC4OCC(O)C(OC5OCC(O)C(O)C5O)C4O)C(O)C3O)C2OC(C)=O)C1O. The number of aliphatic carboxylic acids is 1. The van der Waals surface area contributed by atoms with Crippen molar-refractivity contribution in [3.63, 3.8) is 0 Å². The summed E-state index contributed by atoms with van der Waals surface area (Å²) in [6, 6.07) is 0. The van der Waals surface area contributed by atoms with Crippen molar-refractivity contribution in [1.29, 1.82) is 0 Å². The van der Waals surface area contributed by atoms with Crippen molar-refractivity contribution >= 4 is 30.2 Å². The molecule has 0 radical (unpaired) electrons. The van der Waals surface area contributed by atoms with Gasteiger partial charge in [-0.05, 0) is 124 Å². The fraction of sp³-hybridized carbons (Fsp3) is 0.911. The number of fused-ring (bicyclic) bond motifs is 7. The van der Waals surface area contributed by atoms with E-state index in [0.717, 1.165) is 25.7 Å². The maximum Gasteiger partial charge on any atom is 0.335 e. The number of ether oxygens (including phenoxy) is 18. The number of aliphatic hydroxyl groups excluding tert-OH is 17. The van der Waals surface area contributed by atoms with Crippen LogP contribution in [-0.4, -0.2) is 382 Å². The molecular formula is C79H122O41. The zero-order valence-corrected chi connectivity index (χ0v) is 68.7. The van der Waals surface area contributed by atoms with E-state index in [0.29, 0.717) is 51.4 Å². The van der Waals surface area contributed by atoms with Crippen LogP contribution in [0.5, 0.6) is 0 Å². The third-order valence-electron chi connectivity index (χ3n) is 29.1. The normalized spacial score (nSPS) is 52.8. The number of carboxylic acid groups (broad SMARTS) is 1. The maximum absolute atomic E-state index is 16.4. The van der Waals surface area contributed by atoms with E-state index in [4.69, 9.17) is 85.3 Å². The zero-order valence-electron chi connectivity index (χ0n) is 68.7. The van der Waals surface area contributed by atoms with E-state index in [9.17, 15) is 111 Å². The van der Waals surface area contributed by atoms with Gasteiger partial charge in [-0.25, -0.2) is 4.79 Å². The van der Waals surface area contributed by atoms with Crippen LogP contribution in [0.25, 0.3) is 0 Å². The lowest BCUT2D eigenvalue weighted by Gasteiger charge is -2.71. The Morgan fingerprint density at radius 3 is 1.55 bits per heavy atom. The van der Waals surface area contributed by atoms with E-state index in [-0.39, 0.29) is 24.2 Å². The maximum atomic E-state index is 16.4. The zero-order chi connectivity index (χ0) is 87.6. The first-order valence-corrected chi connectivity index (χ1v) is 41.5. The summed E-state index contributed by atoms with van der Waals surface area (Å²) in [6.07, 6.45) is -60.8. The van der Waals surface area contributed by atoms with Crippen molar-refractivity contribution in [2.24, 2.45) is 50.2 Å². The van der Waals surface area contributed by atoms with Crippen LogP contribution in [0.4, 0.5) is 0 Å². The standard InChI is InChI=1S/C79H122O41/c1-28-42(87)58(109-31(4)82)54(99)70(106-28)114-56-30(3)108-71(63(61(56)110-32(5)83)119-68-51(96)47(92)55(29(2)107-68)113-67-53(98)57(37(86)26-105-67)115-65-48(93)43(88)35(84)24-103-65)120-73(102)79-20-18-74(6,7)22-34(79)33-12-13-40-75(8)16-15-41(76(9,27-81)39(75)14-17-78(40,11)77(33,10)19-21-79)112-72-62(118-69-50(95)46(91)45(90)38(23-80)111-69)59(52(97)60(117-72)64(100)101)116-66-49(94)44(89)36(85)25-104-66/h12,27-30,34-63,65-72,80,84-99H,13-26H2,1-11H3,(H,100,101). The molecule has 0 aromatic rings. The van der Waals surface area contributed by atoms with Gasteiger partial charge in [-0.2, -0.15) is 0 Å². The first-order valence-electron chi connectivity index (χ1n) is 41.5.